The first-order chi connectivity index (χ1) is 8.63. The van der Waals surface area contributed by atoms with Crippen molar-refractivity contribution in [1.29, 1.82) is 0 Å². The van der Waals surface area contributed by atoms with E-state index in [1.54, 1.807) is 15.8 Å². The maximum atomic E-state index is 11.9. The van der Waals surface area contributed by atoms with Crippen LogP contribution >= 0.6 is 0 Å². The van der Waals surface area contributed by atoms with Crippen molar-refractivity contribution < 1.29 is 4.79 Å². The number of nitrogens with two attached hydrogens (primary N) is 1. The highest BCUT2D eigenvalue weighted by Gasteiger charge is 2.09. The van der Waals surface area contributed by atoms with E-state index in [4.69, 9.17) is 5.73 Å². The third-order valence-corrected chi connectivity index (χ3v) is 2.95. The van der Waals surface area contributed by atoms with E-state index in [0.717, 1.165) is 37.8 Å². The Labute approximate surface area is 109 Å². The van der Waals surface area contributed by atoms with Crippen LogP contribution in [0.1, 0.15) is 37.7 Å². The van der Waals surface area contributed by atoms with Crippen LogP contribution in [0.4, 0.5) is 0 Å². The summed E-state index contributed by atoms with van der Waals surface area (Å²) in [6.45, 7) is 1.38. The largest absolute Gasteiger partial charge is 0.341 e. The third-order valence-electron chi connectivity index (χ3n) is 2.95. The molecule has 5 heteroatoms. The fraction of sp³-hybridized carbons (Fsp3) is 0.692. The molecular weight excluding hydrogens is 228 g/mol. The van der Waals surface area contributed by atoms with E-state index in [1.807, 2.05) is 20.3 Å². The van der Waals surface area contributed by atoms with Crippen LogP contribution in [0.15, 0.2) is 12.4 Å². The van der Waals surface area contributed by atoms with E-state index < -0.39 is 0 Å². The van der Waals surface area contributed by atoms with Crippen LogP contribution in [0, 0.1) is 0 Å². The lowest BCUT2D eigenvalue weighted by atomic mass is 10.1. The topological polar surface area (TPSA) is 64.2 Å². The molecule has 1 aromatic heterocycles. The Bertz CT molecular complexity index is 362. The lowest BCUT2D eigenvalue weighted by Gasteiger charge is -2.16. The molecule has 1 amide bonds. The van der Waals surface area contributed by atoms with E-state index >= 15 is 0 Å². The number of aryl methyl sites for hydroxylation is 1. The van der Waals surface area contributed by atoms with Crippen molar-refractivity contribution >= 4 is 5.91 Å². The maximum Gasteiger partial charge on any atom is 0.222 e. The van der Waals surface area contributed by atoms with Gasteiger partial charge in [0.15, 0.2) is 0 Å². The van der Waals surface area contributed by atoms with Gasteiger partial charge in [-0.05, 0) is 19.4 Å². The fourth-order valence-electron chi connectivity index (χ4n) is 1.88. The molecule has 0 unspecified atom stereocenters. The number of amides is 1. The Morgan fingerprint density at radius 3 is 2.72 bits per heavy atom. The minimum absolute atomic E-state index is 0.201. The van der Waals surface area contributed by atoms with Gasteiger partial charge < -0.3 is 10.6 Å². The summed E-state index contributed by atoms with van der Waals surface area (Å²) >= 11 is 0. The molecule has 0 spiro atoms. The molecule has 0 aromatic carbocycles. The average Bonchev–Trinajstić information content (AvgIpc) is 2.74. The zero-order chi connectivity index (χ0) is 13.4. The Kier molecular flexibility index (Phi) is 6.43. The molecule has 18 heavy (non-hydrogen) atoms. The van der Waals surface area contributed by atoms with Crippen molar-refractivity contribution in [1.82, 2.24) is 14.7 Å². The van der Waals surface area contributed by atoms with Gasteiger partial charge >= 0.3 is 0 Å². The second kappa shape index (κ2) is 7.87. The summed E-state index contributed by atoms with van der Waals surface area (Å²) in [5.74, 6) is 0.201. The second-order valence-electron chi connectivity index (χ2n) is 4.72. The van der Waals surface area contributed by atoms with Crippen molar-refractivity contribution in [3.05, 3.63) is 18.0 Å². The molecular formula is C13H24N4O. The van der Waals surface area contributed by atoms with Crippen molar-refractivity contribution in [2.75, 3.05) is 13.6 Å². The van der Waals surface area contributed by atoms with Crippen LogP contribution in [-0.2, 0) is 18.4 Å². The molecule has 0 aliphatic heterocycles. The average molecular weight is 252 g/mol. The third kappa shape index (κ3) is 5.31. The Morgan fingerprint density at radius 2 is 2.11 bits per heavy atom. The summed E-state index contributed by atoms with van der Waals surface area (Å²) in [6, 6.07) is 0. The van der Waals surface area contributed by atoms with Crippen LogP contribution in [-0.4, -0.2) is 34.2 Å². The first kappa shape index (κ1) is 14.7. The van der Waals surface area contributed by atoms with Gasteiger partial charge in [-0.3, -0.25) is 9.48 Å². The lowest BCUT2D eigenvalue weighted by molar-refractivity contribution is -0.130. The van der Waals surface area contributed by atoms with Crippen molar-refractivity contribution in [3.63, 3.8) is 0 Å². The number of nitrogens with zero attached hydrogens (tertiary/aromatic N) is 3. The van der Waals surface area contributed by atoms with Crippen molar-refractivity contribution in [2.24, 2.45) is 12.8 Å². The molecule has 102 valence electrons. The standard InChI is InChI=1S/C13H24N4O/c1-16(10-12-9-15-17(2)11-12)13(18)7-5-3-4-6-8-14/h9,11H,3-8,10,14H2,1-2H3. The Morgan fingerprint density at radius 1 is 1.39 bits per heavy atom. The highest BCUT2D eigenvalue weighted by atomic mass is 16.2. The summed E-state index contributed by atoms with van der Waals surface area (Å²) in [5.41, 5.74) is 6.49. The van der Waals surface area contributed by atoms with Gasteiger partial charge in [-0.2, -0.15) is 5.10 Å². The van der Waals surface area contributed by atoms with E-state index in [2.05, 4.69) is 5.10 Å². The highest BCUT2D eigenvalue weighted by molar-refractivity contribution is 5.75. The number of aromatic nitrogens is 2. The number of hydrogen-bond donors (Lipinski definition) is 1. The van der Waals surface area contributed by atoms with Crippen LogP contribution in [0.3, 0.4) is 0 Å². The molecule has 0 atom stereocenters. The predicted octanol–water partition coefficient (Wildman–Crippen LogP) is 1.29. The van der Waals surface area contributed by atoms with Crippen LogP contribution in [0.2, 0.25) is 0 Å². The maximum absolute atomic E-state index is 11.9. The van der Waals surface area contributed by atoms with E-state index in [0.29, 0.717) is 13.0 Å². The number of hydrogen-bond acceptors (Lipinski definition) is 3. The van der Waals surface area contributed by atoms with E-state index in [1.165, 1.54) is 0 Å². The molecule has 1 aromatic rings. The minimum Gasteiger partial charge on any atom is -0.341 e. The minimum atomic E-state index is 0.201. The van der Waals surface area contributed by atoms with Crippen LogP contribution < -0.4 is 5.73 Å². The number of carbonyl (C=O) groups excluding carboxylic acids is 1. The quantitative estimate of drug-likeness (QED) is 0.709. The van der Waals surface area contributed by atoms with Gasteiger partial charge in [-0.15, -0.1) is 0 Å². The van der Waals surface area contributed by atoms with E-state index in [-0.39, 0.29) is 5.91 Å². The normalized spacial score (nSPS) is 10.6. The first-order valence-corrected chi connectivity index (χ1v) is 6.55. The number of rotatable bonds is 8. The molecule has 1 heterocycles. The number of unbranched alkanes of at least 4 members (excludes halogenated alkanes) is 3. The summed E-state index contributed by atoms with van der Waals surface area (Å²) in [4.78, 5) is 13.6. The van der Waals surface area contributed by atoms with E-state index in [9.17, 15) is 4.79 Å². The summed E-state index contributed by atoms with van der Waals surface area (Å²) in [5, 5.41) is 4.09. The monoisotopic (exact) mass is 252 g/mol. The predicted molar refractivity (Wildman–Crippen MR) is 71.8 cm³/mol. The molecule has 0 fully saturated rings. The Hall–Kier alpha value is -1.36. The first-order valence-electron chi connectivity index (χ1n) is 6.55. The van der Waals surface area contributed by atoms with Crippen molar-refractivity contribution in [3.8, 4) is 0 Å². The molecule has 0 radical (unpaired) electrons. The molecule has 1 rings (SSSR count). The van der Waals surface area contributed by atoms with Gasteiger partial charge in [-0.1, -0.05) is 12.8 Å². The SMILES string of the molecule is CN(Cc1cnn(C)c1)C(=O)CCCCCCN. The fourth-order valence-corrected chi connectivity index (χ4v) is 1.88. The molecule has 2 N–H and O–H groups in total. The summed E-state index contributed by atoms with van der Waals surface area (Å²) in [7, 11) is 3.72. The summed E-state index contributed by atoms with van der Waals surface area (Å²) < 4.78 is 1.75. The van der Waals surface area contributed by atoms with Gasteiger partial charge in [0, 0.05) is 38.8 Å². The molecule has 0 saturated heterocycles. The molecule has 0 aliphatic carbocycles. The molecule has 5 nitrogen and oxygen atoms in total. The molecule has 0 bridgehead atoms. The smallest absolute Gasteiger partial charge is 0.222 e. The lowest BCUT2D eigenvalue weighted by Crippen LogP contribution is -2.25. The van der Waals surface area contributed by atoms with Crippen LogP contribution in [0.5, 0.6) is 0 Å². The van der Waals surface area contributed by atoms with Gasteiger partial charge in [0.2, 0.25) is 5.91 Å². The number of carbonyl (C=O) groups is 1. The summed E-state index contributed by atoms with van der Waals surface area (Å²) in [6.07, 6.45) is 8.58. The molecule has 0 saturated carbocycles. The van der Waals surface area contributed by atoms with Crippen LogP contribution in [0.25, 0.3) is 0 Å². The Balaban J connectivity index is 2.20. The van der Waals surface area contributed by atoms with Gasteiger partial charge in [-0.25, -0.2) is 0 Å². The second-order valence-corrected chi connectivity index (χ2v) is 4.72. The zero-order valence-electron chi connectivity index (χ0n) is 11.4. The van der Waals surface area contributed by atoms with Gasteiger partial charge in [0.25, 0.3) is 0 Å². The van der Waals surface area contributed by atoms with Crippen molar-refractivity contribution in [2.45, 2.75) is 38.6 Å². The highest BCUT2D eigenvalue weighted by Crippen LogP contribution is 2.07. The molecule has 0 aliphatic rings. The van der Waals surface area contributed by atoms with Gasteiger partial charge in [0.1, 0.15) is 0 Å². The van der Waals surface area contributed by atoms with Gasteiger partial charge in [0.05, 0.1) is 6.20 Å². The zero-order valence-corrected chi connectivity index (χ0v) is 11.4.